The summed E-state index contributed by atoms with van der Waals surface area (Å²) in [6, 6.07) is 7.15. The molecule has 2 amide bonds. The lowest BCUT2D eigenvalue weighted by Crippen LogP contribution is -2.23. The highest BCUT2D eigenvalue weighted by molar-refractivity contribution is 9.10. The Bertz CT molecular complexity index is 350. The van der Waals surface area contributed by atoms with Crippen LogP contribution in [-0.4, -0.2) is 6.03 Å². The molecule has 0 aliphatic carbocycles. The SMILES string of the molecule is C/C=C/NC(=O)Nc1cccc(Br)c1. The molecule has 0 aliphatic heterocycles. The molecule has 0 unspecified atom stereocenters. The quantitative estimate of drug-likeness (QED) is 0.837. The van der Waals surface area contributed by atoms with E-state index >= 15 is 0 Å². The standard InChI is InChI=1S/C10H11BrN2O/c1-2-6-12-10(14)13-9-5-3-4-8(11)7-9/h2-7H,1H3,(H2,12,13,14)/b6-2+. The van der Waals surface area contributed by atoms with Crippen molar-refractivity contribution < 1.29 is 4.79 Å². The second-order valence-electron chi connectivity index (χ2n) is 2.61. The topological polar surface area (TPSA) is 41.1 Å². The van der Waals surface area contributed by atoms with Crippen LogP contribution in [0.2, 0.25) is 0 Å². The highest BCUT2D eigenvalue weighted by Gasteiger charge is 1.98. The van der Waals surface area contributed by atoms with Gasteiger partial charge in [-0.05, 0) is 25.1 Å². The normalized spacial score (nSPS) is 10.1. The van der Waals surface area contributed by atoms with Gasteiger partial charge in [-0.1, -0.05) is 28.1 Å². The second-order valence-corrected chi connectivity index (χ2v) is 3.52. The van der Waals surface area contributed by atoms with Gasteiger partial charge in [-0.15, -0.1) is 0 Å². The average molecular weight is 255 g/mol. The summed E-state index contributed by atoms with van der Waals surface area (Å²) in [5.41, 5.74) is 0.751. The average Bonchev–Trinajstić information content (AvgIpc) is 2.15. The summed E-state index contributed by atoms with van der Waals surface area (Å²) < 4.78 is 0.932. The van der Waals surface area contributed by atoms with Crippen molar-refractivity contribution in [3.05, 3.63) is 41.0 Å². The lowest BCUT2D eigenvalue weighted by Gasteiger charge is -2.04. The molecule has 0 aromatic heterocycles. The van der Waals surface area contributed by atoms with Gasteiger partial charge < -0.3 is 10.6 Å². The van der Waals surface area contributed by atoms with Crippen LogP contribution in [0.3, 0.4) is 0 Å². The van der Waals surface area contributed by atoms with Gasteiger partial charge in [0.05, 0.1) is 0 Å². The zero-order chi connectivity index (χ0) is 10.4. The van der Waals surface area contributed by atoms with Crippen LogP contribution >= 0.6 is 15.9 Å². The summed E-state index contributed by atoms with van der Waals surface area (Å²) in [7, 11) is 0. The summed E-state index contributed by atoms with van der Waals surface area (Å²) in [6.07, 6.45) is 3.33. The number of urea groups is 1. The van der Waals surface area contributed by atoms with Gasteiger partial charge in [-0.2, -0.15) is 0 Å². The van der Waals surface area contributed by atoms with Crippen molar-refractivity contribution in [2.24, 2.45) is 0 Å². The van der Waals surface area contributed by atoms with Gasteiger partial charge in [0.1, 0.15) is 0 Å². The maximum Gasteiger partial charge on any atom is 0.323 e. The number of rotatable bonds is 2. The zero-order valence-electron chi connectivity index (χ0n) is 7.75. The minimum Gasteiger partial charge on any atom is -0.315 e. The Morgan fingerprint density at radius 1 is 1.50 bits per heavy atom. The second kappa shape index (κ2) is 5.44. The number of hydrogen-bond acceptors (Lipinski definition) is 1. The van der Waals surface area contributed by atoms with Crippen LogP contribution in [0.1, 0.15) is 6.92 Å². The largest absolute Gasteiger partial charge is 0.323 e. The molecule has 0 saturated heterocycles. The van der Waals surface area contributed by atoms with Crippen LogP contribution in [0.25, 0.3) is 0 Å². The van der Waals surface area contributed by atoms with Gasteiger partial charge in [-0.3, -0.25) is 0 Å². The molecule has 4 heteroatoms. The van der Waals surface area contributed by atoms with E-state index in [1.807, 2.05) is 31.2 Å². The fraction of sp³-hybridized carbons (Fsp3) is 0.100. The fourth-order valence-electron chi connectivity index (χ4n) is 0.892. The number of halogens is 1. The summed E-state index contributed by atoms with van der Waals surface area (Å²) in [5, 5.41) is 5.24. The first-order valence-corrected chi connectivity index (χ1v) is 4.96. The summed E-state index contributed by atoms with van der Waals surface area (Å²) in [5.74, 6) is 0. The van der Waals surface area contributed by atoms with E-state index in [2.05, 4.69) is 26.6 Å². The lowest BCUT2D eigenvalue weighted by molar-refractivity contribution is 0.255. The predicted octanol–water partition coefficient (Wildman–Crippen LogP) is 3.10. The molecule has 0 saturated carbocycles. The molecule has 0 radical (unpaired) electrons. The first-order valence-electron chi connectivity index (χ1n) is 4.16. The number of carbonyl (C=O) groups is 1. The molecule has 2 N–H and O–H groups in total. The van der Waals surface area contributed by atoms with Crippen LogP contribution in [0, 0.1) is 0 Å². The summed E-state index contributed by atoms with van der Waals surface area (Å²) in [4.78, 5) is 11.2. The fourth-order valence-corrected chi connectivity index (χ4v) is 1.29. The Kier molecular flexibility index (Phi) is 4.19. The molecule has 0 atom stereocenters. The zero-order valence-corrected chi connectivity index (χ0v) is 9.34. The van der Waals surface area contributed by atoms with Gasteiger partial charge in [0.15, 0.2) is 0 Å². The van der Waals surface area contributed by atoms with E-state index in [-0.39, 0.29) is 6.03 Å². The van der Waals surface area contributed by atoms with E-state index in [1.54, 1.807) is 12.3 Å². The molecule has 0 aliphatic rings. The number of benzene rings is 1. The summed E-state index contributed by atoms with van der Waals surface area (Å²) >= 11 is 3.32. The molecule has 74 valence electrons. The highest BCUT2D eigenvalue weighted by Crippen LogP contribution is 2.15. The van der Waals surface area contributed by atoms with Crippen molar-refractivity contribution >= 4 is 27.6 Å². The molecule has 0 spiro atoms. The van der Waals surface area contributed by atoms with Gasteiger partial charge >= 0.3 is 6.03 Å². The van der Waals surface area contributed by atoms with Crippen LogP contribution < -0.4 is 10.6 Å². The van der Waals surface area contributed by atoms with Crippen molar-refractivity contribution in [3.8, 4) is 0 Å². The third-order valence-corrected chi connectivity index (χ3v) is 1.96. The molecule has 14 heavy (non-hydrogen) atoms. The van der Waals surface area contributed by atoms with Gasteiger partial charge in [0.25, 0.3) is 0 Å². The molecule has 0 fully saturated rings. The molecule has 0 heterocycles. The summed E-state index contributed by atoms with van der Waals surface area (Å²) in [6.45, 7) is 1.83. The van der Waals surface area contributed by atoms with Crippen molar-refractivity contribution in [2.75, 3.05) is 5.32 Å². The lowest BCUT2D eigenvalue weighted by atomic mass is 10.3. The maximum absolute atomic E-state index is 11.2. The molecular weight excluding hydrogens is 244 g/mol. The van der Waals surface area contributed by atoms with Crippen LogP contribution in [-0.2, 0) is 0 Å². The number of hydrogen-bond donors (Lipinski definition) is 2. The van der Waals surface area contributed by atoms with Gasteiger partial charge in [-0.25, -0.2) is 4.79 Å². The number of allylic oxidation sites excluding steroid dienone is 1. The Hall–Kier alpha value is -1.29. The first kappa shape index (κ1) is 10.8. The predicted molar refractivity (Wildman–Crippen MR) is 61.1 cm³/mol. The van der Waals surface area contributed by atoms with Crippen molar-refractivity contribution in [2.45, 2.75) is 6.92 Å². The Balaban J connectivity index is 2.56. The molecule has 3 nitrogen and oxygen atoms in total. The molecule has 1 aromatic carbocycles. The van der Waals surface area contributed by atoms with E-state index < -0.39 is 0 Å². The van der Waals surface area contributed by atoms with E-state index in [1.165, 1.54) is 0 Å². The van der Waals surface area contributed by atoms with E-state index in [9.17, 15) is 4.79 Å². The Morgan fingerprint density at radius 3 is 2.93 bits per heavy atom. The van der Waals surface area contributed by atoms with Crippen molar-refractivity contribution in [1.29, 1.82) is 0 Å². The number of anilines is 1. The van der Waals surface area contributed by atoms with Gasteiger partial charge in [0, 0.05) is 16.4 Å². The highest BCUT2D eigenvalue weighted by atomic mass is 79.9. The third-order valence-electron chi connectivity index (χ3n) is 1.46. The Labute approximate surface area is 91.3 Å². The number of nitrogens with one attached hydrogen (secondary N) is 2. The first-order chi connectivity index (χ1) is 6.72. The third kappa shape index (κ3) is 3.62. The van der Waals surface area contributed by atoms with Crippen LogP contribution in [0.4, 0.5) is 10.5 Å². The van der Waals surface area contributed by atoms with E-state index in [0.29, 0.717) is 0 Å². The molecule has 0 bridgehead atoms. The van der Waals surface area contributed by atoms with Crippen LogP contribution in [0.15, 0.2) is 41.0 Å². The van der Waals surface area contributed by atoms with Gasteiger partial charge in [0.2, 0.25) is 0 Å². The maximum atomic E-state index is 11.2. The molecular formula is C10H11BrN2O. The van der Waals surface area contributed by atoms with Crippen LogP contribution in [0.5, 0.6) is 0 Å². The van der Waals surface area contributed by atoms with E-state index in [4.69, 9.17) is 0 Å². The van der Waals surface area contributed by atoms with Crippen molar-refractivity contribution in [3.63, 3.8) is 0 Å². The molecule has 1 aromatic rings. The minimum atomic E-state index is -0.249. The Morgan fingerprint density at radius 2 is 2.29 bits per heavy atom. The molecule has 1 rings (SSSR count). The number of amides is 2. The number of carbonyl (C=O) groups excluding carboxylic acids is 1. The monoisotopic (exact) mass is 254 g/mol. The smallest absolute Gasteiger partial charge is 0.315 e. The van der Waals surface area contributed by atoms with E-state index in [0.717, 1.165) is 10.2 Å². The minimum absolute atomic E-state index is 0.249. The van der Waals surface area contributed by atoms with Crippen molar-refractivity contribution in [1.82, 2.24) is 5.32 Å².